The van der Waals surface area contributed by atoms with Crippen LogP contribution in [-0.4, -0.2) is 20.1 Å². The molecule has 0 spiro atoms. The summed E-state index contributed by atoms with van der Waals surface area (Å²) in [4.78, 5) is 2.06. The fourth-order valence-corrected chi connectivity index (χ4v) is 2.47. The van der Waals surface area contributed by atoms with E-state index in [1.807, 2.05) is 13.1 Å². The first kappa shape index (κ1) is 17.0. The van der Waals surface area contributed by atoms with Gasteiger partial charge in [0.1, 0.15) is 5.82 Å². The molecule has 0 bridgehead atoms. The van der Waals surface area contributed by atoms with Gasteiger partial charge >= 0.3 is 0 Å². The average molecular weight is 280 g/mol. The minimum absolute atomic E-state index is 0.119. The molecule has 3 heteroatoms. The lowest BCUT2D eigenvalue weighted by Gasteiger charge is -2.26. The fourth-order valence-electron chi connectivity index (χ4n) is 2.47. The monoisotopic (exact) mass is 280 g/mol. The van der Waals surface area contributed by atoms with Gasteiger partial charge in [0.15, 0.2) is 0 Å². The lowest BCUT2D eigenvalue weighted by atomic mass is 10.0. The van der Waals surface area contributed by atoms with Crippen molar-refractivity contribution in [2.75, 3.05) is 25.0 Å². The van der Waals surface area contributed by atoms with Crippen molar-refractivity contribution in [3.63, 3.8) is 0 Å². The maximum absolute atomic E-state index is 14.2. The van der Waals surface area contributed by atoms with Crippen LogP contribution in [0, 0.1) is 5.82 Å². The zero-order chi connectivity index (χ0) is 15.0. The number of hydrogen-bond acceptors (Lipinski definition) is 2. The second-order valence-corrected chi connectivity index (χ2v) is 5.48. The van der Waals surface area contributed by atoms with Crippen molar-refractivity contribution < 1.29 is 4.39 Å². The molecular weight excluding hydrogens is 251 g/mol. The van der Waals surface area contributed by atoms with Crippen molar-refractivity contribution in [1.82, 2.24) is 5.32 Å². The molecule has 1 aromatic carbocycles. The van der Waals surface area contributed by atoms with E-state index in [9.17, 15) is 4.39 Å². The standard InChI is InChI=1S/C17H29FN2/c1-5-7-8-13-20(4)17-15(10-9-11-16(17)18)14(3)19-12-6-2/h9-11,14,19H,5-8,12-13H2,1-4H3. The lowest BCUT2D eigenvalue weighted by Crippen LogP contribution is -2.25. The maximum atomic E-state index is 14.2. The van der Waals surface area contributed by atoms with Crippen molar-refractivity contribution in [2.24, 2.45) is 0 Å². The molecule has 0 saturated heterocycles. The van der Waals surface area contributed by atoms with Gasteiger partial charge in [0.25, 0.3) is 0 Å². The Kier molecular flexibility index (Phi) is 7.60. The number of benzene rings is 1. The highest BCUT2D eigenvalue weighted by atomic mass is 19.1. The first-order valence-corrected chi connectivity index (χ1v) is 7.84. The van der Waals surface area contributed by atoms with E-state index < -0.39 is 0 Å². The van der Waals surface area contributed by atoms with Gasteiger partial charge in [0.05, 0.1) is 5.69 Å². The number of nitrogens with one attached hydrogen (secondary N) is 1. The van der Waals surface area contributed by atoms with Crippen LogP contribution in [0.4, 0.5) is 10.1 Å². The number of hydrogen-bond donors (Lipinski definition) is 1. The molecule has 0 fully saturated rings. The highest BCUT2D eigenvalue weighted by Crippen LogP contribution is 2.29. The van der Waals surface area contributed by atoms with Gasteiger partial charge in [-0.15, -0.1) is 0 Å². The molecular formula is C17H29FN2. The Hall–Kier alpha value is -1.09. The molecule has 1 rings (SSSR count). The molecule has 1 unspecified atom stereocenters. The predicted octanol–water partition coefficient (Wildman–Crippen LogP) is 4.51. The third-order valence-electron chi connectivity index (χ3n) is 3.66. The minimum atomic E-state index is -0.119. The van der Waals surface area contributed by atoms with E-state index in [1.165, 1.54) is 12.8 Å². The number of anilines is 1. The minimum Gasteiger partial charge on any atom is -0.372 e. The topological polar surface area (TPSA) is 15.3 Å². The molecule has 0 amide bonds. The van der Waals surface area contributed by atoms with Gasteiger partial charge < -0.3 is 10.2 Å². The number of para-hydroxylation sites is 1. The molecule has 114 valence electrons. The van der Waals surface area contributed by atoms with E-state index in [0.717, 1.165) is 37.2 Å². The summed E-state index contributed by atoms with van der Waals surface area (Å²) < 4.78 is 14.2. The summed E-state index contributed by atoms with van der Waals surface area (Å²) in [5.74, 6) is -0.119. The number of nitrogens with zero attached hydrogens (tertiary/aromatic N) is 1. The first-order valence-electron chi connectivity index (χ1n) is 7.84. The second kappa shape index (κ2) is 8.96. The molecule has 2 nitrogen and oxygen atoms in total. The quantitative estimate of drug-likeness (QED) is 0.669. The van der Waals surface area contributed by atoms with E-state index in [0.29, 0.717) is 0 Å². The Morgan fingerprint density at radius 3 is 2.60 bits per heavy atom. The van der Waals surface area contributed by atoms with Gasteiger partial charge in [0, 0.05) is 19.6 Å². The number of unbranched alkanes of at least 4 members (excludes halogenated alkanes) is 2. The molecule has 0 aliphatic heterocycles. The molecule has 0 saturated carbocycles. The molecule has 20 heavy (non-hydrogen) atoms. The van der Waals surface area contributed by atoms with Crippen molar-refractivity contribution in [2.45, 2.75) is 52.5 Å². The zero-order valence-corrected chi connectivity index (χ0v) is 13.4. The summed E-state index contributed by atoms with van der Waals surface area (Å²) in [5.41, 5.74) is 1.80. The van der Waals surface area contributed by atoms with Crippen molar-refractivity contribution in [1.29, 1.82) is 0 Å². The van der Waals surface area contributed by atoms with Crippen LogP contribution in [0.5, 0.6) is 0 Å². The zero-order valence-electron chi connectivity index (χ0n) is 13.4. The summed E-state index contributed by atoms with van der Waals surface area (Å²) in [5, 5.41) is 3.44. The van der Waals surface area contributed by atoms with Crippen molar-refractivity contribution in [3.05, 3.63) is 29.6 Å². The smallest absolute Gasteiger partial charge is 0.146 e. The molecule has 1 atom stereocenters. The Morgan fingerprint density at radius 2 is 1.95 bits per heavy atom. The molecule has 0 aromatic heterocycles. The molecule has 0 heterocycles. The van der Waals surface area contributed by atoms with Crippen molar-refractivity contribution in [3.8, 4) is 0 Å². The Labute approximate surface area is 123 Å². The number of rotatable bonds is 9. The van der Waals surface area contributed by atoms with E-state index in [2.05, 4.69) is 31.0 Å². The Balaban J connectivity index is 2.86. The summed E-state index contributed by atoms with van der Waals surface area (Å²) >= 11 is 0. The average Bonchev–Trinajstić information content (AvgIpc) is 2.44. The molecule has 0 radical (unpaired) electrons. The SMILES string of the molecule is CCCCCN(C)c1c(F)cccc1C(C)NCCC. The van der Waals surface area contributed by atoms with E-state index in [4.69, 9.17) is 0 Å². The van der Waals surface area contributed by atoms with Crippen LogP contribution < -0.4 is 10.2 Å². The van der Waals surface area contributed by atoms with E-state index in [-0.39, 0.29) is 11.9 Å². The molecule has 0 aliphatic rings. The van der Waals surface area contributed by atoms with Gasteiger partial charge in [-0.25, -0.2) is 4.39 Å². The van der Waals surface area contributed by atoms with Gasteiger partial charge in [-0.1, -0.05) is 38.8 Å². The van der Waals surface area contributed by atoms with Crippen LogP contribution in [-0.2, 0) is 0 Å². The van der Waals surface area contributed by atoms with Crippen LogP contribution in [0.1, 0.15) is 58.1 Å². The second-order valence-electron chi connectivity index (χ2n) is 5.48. The van der Waals surface area contributed by atoms with E-state index >= 15 is 0 Å². The Morgan fingerprint density at radius 1 is 1.20 bits per heavy atom. The van der Waals surface area contributed by atoms with Crippen LogP contribution in [0.3, 0.4) is 0 Å². The van der Waals surface area contributed by atoms with Gasteiger partial charge in [-0.3, -0.25) is 0 Å². The van der Waals surface area contributed by atoms with Gasteiger partial charge in [-0.2, -0.15) is 0 Å². The molecule has 1 aromatic rings. The summed E-state index contributed by atoms with van der Waals surface area (Å²) in [6.07, 6.45) is 4.57. The van der Waals surface area contributed by atoms with Crippen LogP contribution in [0.15, 0.2) is 18.2 Å². The lowest BCUT2D eigenvalue weighted by molar-refractivity contribution is 0.559. The largest absolute Gasteiger partial charge is 0.372 e. The predicted molar refractivity (Wildman–Crippen MR) is 85.9 cm³/mol. The highest BCUT2D eigenvalue weighted by molar-refractivity contribution is 5.55. The van der Waals surface area contributed by atoms with Crippen LogP contribution in [0.25, 0.3) is 0 Å². The number of halogens is 1. The molecule has 0 aliphatic carbocycles. The highest BCUT2D eigenvalue weighted by Gasteiger charge is 2.16. The summed E-state index contributed by atoms with van der Waals surface area (Å²) in [6, 6.07) is 5.57. The molecule has 1 N–H and O–H groups in total. The fraction of sp³-hybridized carbons (Fsp3) is 0.647. The first-order chi connectivity index (χ1) is 9.61. The van der Waals surface area contributed by atoms with Gasteiger partial charge in [0.2, 0.25) is 0 Å². The Bertz CT molecular complexity index is 393. The normalized spacial score (nSPS) is 12.4. The third kappa shape index (κ3) is 4.78. The summed E-state index contributed by atoms with van der Waals surface area (Å²) in [7, 11) is 1.99. The van der Waals surface area contributed by atoms with E-state index in [1.54, 1.807) is 12.1 Å². The maximum Gasteiger partial charge on any atom is 0.146 e. The van der Waals surface area contributed by atoms with Gasteiger partial charge in [-0.05, 0) is 37.9 Å². The van der Waals surface area contributed by atoms with Crippen LogP contribution >= 0.6 is 0 Å². The van der Waals surface area contributed by atoms with Crippen molar-refractivity contribution >= 4 is 5.69 Å². The van der Waals surface area contributed by atoms with Crippen LogP contribution in [0.2, 0.25) is 0 Å². The summed E-state index contributed by atoms with van der Waals surface area (Å²) in [6.45, 7) is 8.29. The third-order valence-corrected chi connectivity index (χ3v) is 3.66.